The molecule has 3 nitrogen and oxygen atoms in total. The second-order valence-corrected chi connectivity index (χ2v) is 4.39. The Bertz CT molecular complexity index is 186. The van der Waals surface area contributed by atoms with E-state index in [4.69, 9.17) is 4.74 Å². The van der Waals surface area contributed by atoms with E-state index in [9.17, 15) is 8.78 Å². The summed E-state index contributed by atoms with van der Waals surface area (Å²) < 4.78 is 36.4. The van der Waals surface area contributed by atoms with Crippen molar-refractivity contribution in [3.63, 3.8) is 0 Å². The summed E-state index contributed by atoms with van der Waals surface area (Å²) in [4.78, 5) is 0. The normalized spacial score (nSPS) is 25.1. The fourth-order valence-electron chi connectivity index (χ4n) is 0.959. The minimum absolute atomic E-state index is 0.311. The molecule has 0 aromatic heterocycles. The van der Waals surface area contributed by atoms with Gasteiger partial charge in [-0.1, -0.05) is 20.8 Å². The van der Waals surface area contributed by atoms with Crippen molar-refractivity contribution in [2.75, 3.05) is 19.7 Å². The van der Waals surface area contributed by atoms with Crippen molar-refractivity contribution < 1.29 is 18.3 Å². The van der Waals surface area contributed by atoms with Crippen LogP contribution < -0.4 is 5.32 Å². The zero-order chi connectivity index (χ0) is 10.8. The van der Waals surface area contributed by atoms with Crippen LogP contribution in [0, 0.1) is 5.41 Å². The van der Waals surface area contributed by atoms with Gasteiger partial charge in [-0.05, 0) is 0 Å². The molecule has 1 aliphatic rings. The third-order valence-corrected chi connectivity index (χ3v) is 2.05. The number of hydrogen-bond donors (Lipinski definition) is 1. The first-order valence-corrected chi connectivity index (χ1v) is 4.71. The van der Waals surface area contributed by atoms with Gasteiger partial charge in [0, 0.05) is 13.1 Å². The second kappa shape index (κ2) is 4.08. The lowest BCUT2D eigenvalue weighted by Crippen LogP contribution is -2.47. The van der Waals surface area contributed by atoms with Crippen molar-refractivity contribution in [2.45, 2.75) is 33.2 Å². The van der Waals surface area contributed by atoms with Gasteiger partial charge < -0.3 is 10.1 Å². The first-order chi connectivity index (χ1) is 6.33. The average Bonchev–Trinajstić information content (AvgIpc) is 2.03. The predicted octanol–water partition coefficient (Wildman–Crippen LogP) is 1.59. The van der Waals surface area contributed by atoms with Crippen molar-refractivity contribution in [2.24, 2.45) is 5.41 Å². The maximum Gasteiger partial charge on any atom is 0.362 e. The van der Waals surface area contributed by atoms with Gasteiger partial charge in [0.05, 0.1) is 12.0 Å². The van der Waals surface area contributed by atoms with Crippen LogP contribution in [0.25, 0.3) is 0 Å². The Morgan fingerprint density at radius 2 is 2.00 bits per heavy atom. The average molecular weight is 209 g/mol. The highest BCUT2D eigenvalue weighted by Gasteiger charge is 2.46. The van der Waals surface area contributed by atoms with Crippen LogP contribution in [0.2, 0.25) is 0 Å². The zero-order valence-corrected chi connectivity index (χ0v) is 8.77. The van der Waals surface area contributed by atoms with E-state index in [1.165, 1.54) is 20.8 Å². The molecule has 1 N–H and O–H groups in total. The molecule has 0 bridgehead atoms. The van der Waals surface area contributed by atoms with Gasteiger partial charge in [-0.15, -0.1) is 0 Å². The molecule has 0 amide bonds. The van der Waals surface area contributed by atoms with Crippen molar-refractivity contribution in [1.82, 2.24) is 5.32 Å². The molecule has 1 aliphatic heterocycles. The molecule has 0 radical (unpaired) electrons. The predicted molar refractivity (Wildman–Crippen MR) is 48.1 cm³/mol. The summed E-state index contributed by atoms with van der Waals surface area (Å²) >= 11 is 0. The van der Waals surface area contributed by atoms with Crippen LogP contribution in [0.3, 0.4) is 0 Å². The second-order valence-electron chi connectivity index (χ2n) is 4.39. The number of hydrogen-bond acceptors (Lipinski definition) is 3. The number of halogens is 2. The van der Waals surface area contributed by atoms with E-state index >= 15 is 0 Å². The van der Waals surface area contributed by atoms with Crippen LogP contribution in [0.4, 0.5) is 8.78 Å². The van der Waals surface area contributed by atoms with Crippen molar-refractivity contribution in [3.05, 3.63) is 0 Å². The van der Waals surface area contributed by atoms with Gasteiger partial charge >= 0.3 is 6.11 Å². The first-order valence-electron chi connectivity index (χ1n) is 4.71. The molecule has 1 rings (SSSR count). The molecule has 1 saturated heterocycles. The molecule has 1 fully saturated rings. The van der Waals surface area contributed by atoms with Crippen molar-refractivity contribution >= 4 is 0 Å². The van der Waals surface area contributed by atoms with Crippen LogP contribution >= 0.6 is 0 Å². The van der Waals surface area contributed by atoms with E-state index in [2.05, 4.69) is 10.1 Å². The van der Waals surface area contributed by atoms with E-state index < -0.39 is 17.8 Å². The first kappa shape index (κ1) is 11.8. The fourth-order valence-corrected chi connectivity index (χ4v) is 0.959. The van der Waals surface area contributed by atoms with Gasteiger partial charge in [0.25, 0.3) is 0 Å². The Labute approximate surface area is 82.8 Å². The third-order valence-electron chi connectivity index (χ3n) is 2.05. The van der Waals surface area contributed by atoms with Gasteiger partial charge in [0.2, 0.25) is 0 Å². The molecule has 0 saturated carbocycles. The summed E-state index contributed by atoms with van der Waals surface area (Å²) in [6, 6.07) is 0. The van der Waals surface area contributed by atoms with Gasteiger partial charge in [-0.25, -0.2) is 0 Å². The Hall–Kier alpha value is -0.260. The van der Waals surface area contributed by atoms with Gasteiger partial charge in [0.15, 0.2) is 6.29 Å². The SMILES string of the molecule is CC(C)(C)C(F)(F)OC1CNCCO1. The summed E-state index contributed by atoms with van der Waals surface area (Å²) in [5, 5.41) is 2.93. The summed E-state index contributed by atoms with van der Waals surface area (Å²) in [6.45, 7) is 5.70. The Morgan fingerprint density at radius 3 is 2.43 bits per heavy atom. The fraction of sp³-hybridized carbons (Fsp3) is 1.00. The van der Waals surface area contributed by atoms with Crippen LogP contribution in [-0.2, 0) is 9.47 Å². The third kappa shape index (κ3) is 2.87. The molecular weight excluding hydrogens is 192 g/mol. The Kier molecular flexibility index (Phi) is 3.44. The molecule has 1 heterocycles. The number of morpholine rings is 1. The highest BCUT2D eigenvalue weighted by molar-refractivity contribution is 4.74. The number of rotatable bonds is 2. The monoisotopic (exact) mass is 209 g/mol. The topological polar surface area (TPSA) is 30.5 Å². The molecule has 1 unspecified atom stereocenters. The lowest BCUT2D eigenvalue weighted by molar-refractivity contribution is -0.356. The van der Waals surface area contributed by atoms with Gasteiger partial charge in [-0.2, -0.15) is 8.78 Å². The summed E-state index contributed by atoms with van der Waals surface area (Å²) in [5.41, 5.74) is -1.21. The van der Waals surface area contributed by atoms with Crippen LogP contribution in [0.15, 0.2) is 0 Å². The maximum absolute atomic E-state index is 13.4. The van der Waals surface area contributed by atoms with E-state index in [0.29, 0.717) is 19.7 Å². The van der Waals surface area contributed by atoms with Crippen LogP contribution in [-0.4, -0.2) is 32.1 Å². The van der Waals surface area contributed by atoms with Crippen LogP contribution in [0.1, 0.15) is 20.8 Å². The highest BCUT2D eigenvalue weighted by atomic mass is 19.3. The maximum atomic E-state index is 13.4. The minimum atomic E-state index is -3.17. The van der Waals surface area contributed by atoms with E-state index in [-0.39, 0.29) is 0 Å². The highest BCUT2D eigenvalue weighted by Crippen LogP contribution is 2.37. The Morgan fingerprint density at radius 1 is 1.36 bits per heavy atom. The molecular formula is C9H17F2NO2. The number of ether oxygens (including phenoxy) is 2. The number of alkyl halides is 2. The molecule has 84 valence electrons. The summed E-state index contributed by atoms with van der Waals surface area (Å²) in [5.74, 6) is 0. The van der Waals surface area contributed by atoms with E-state index in [1.807, 2.05) is 0 Å². The van der Waals surface area contributed by atoms with Crippen molar-refractivity contribution in [3.8, 4) is 0 Å². The lowest BCUT2D eigenvalue weighted by atomic mass is 9.95. The zero-order valence-electron chi connectivity index (χ0n) is 8.77. The van der Waals surface area contributed by atoms with E-state index in [0.717, 1.165) is 0 Å². The molecule has 1 atom stereocenters. The lowest BCUT2D eigenvalue weighted by Gasteiger charge is -2.34. The van der Waals surface area contributed by atoms with Gasteiger partial charge in [-0.3, -0.25) is 4.74 Å². The smallest absolute Gasteiger partial charge is 0.350 e. The largest absolute Gasteiger partial charge is 0.362 e. The Balaban J connectivity index is 2.49. The van der Waals surface area contributed by atoms with E-state index in [1.54, 1.807) is 0 Å². The van der Waals surface area contributed by atoms with Crippen LogP contribution in [0.5, 0.6) is 0 Å². The van der Waals surface area contributed by atoms with Crippen molar-refractivity contribution in [1.29, 1.82) is 0 Å². The molecule has 0 aliphatic carbocycles. The summed E-state index contributed by atoms with van der Waals surface area (Å²) in [7, 11) is 0. The molecule has 0 aromatic rings. The number of nitrogens with one attached hydrogen (secondary N) is 1. The summed E-state index contributed by atoms with van der Waals surface area (Å²) in [6.07, 6.45) is -4.02. The minimum Gasteiger partial charge on any atom is -0.350 e. The molecule has 5 heteroatoms. The van der Waals surface area contributed by atoms with Gasteiger partial charge in [0.1, 0.15) is 0 Å². The molecule has 14 heavy (non-hydrogen) atoms. The molecule has 0 spiro atoms. The quantitative estimate of drug-likeness (QED) is 0.749. The molecule has 0 aromatic carbocycles. The standard InChI is InChI=1S/C9H17F2NO2/c1-8(2,3)9(10,11)14-7-6-12-4-5-13-7/h7,12H,4-6H2,1-3H3.